The van der Waals surface area contributed by atoms with E-state index in [-0.39, 0.29) is 5.96 Å². The van der Waals surface area contributed by atoms with Gasteiger partial charge in [0, 0.05) is 10.0 Å². The van der Waals surface area contributed by atoms with Crippen molar-refractivity contribution in [2.75, 3.05) is 0 Å². The molecule has 2 aromatic carbocycles. The van der Waals surface area contributed by atoms with Crippen molar-refractivity contribution in [3.05, 3.63) is 69.7 Å². The fourth-order valence-corrected chi connectivity index (χ4v) is 2.71. The molecule has 4 N–H and O–H groups in total. The van der Waals surface area contributed by atoms with Crippen LogP contribution in [0.3, 0.4) is 0 Å². The molecule has 0 bridgehead atoms. The molecule has 0 aliphatic carbocycles. The third-order valence-electron chi connectivity index (χ3n) is 3.16. The highest BCUT2D eigenvalue weighted by Gasteiger charge is 2.23. The number of benzene rings is 2. The van der Waals surface area contributed by atoms with E-state index in [1.165, 1.54) is 0 Å². The Balaban J connectivity index is 2.41. The number of nitrogens with two attached hydrogens (primary N) is 2. The van der Waals surface area contributed by atoms with E-state index in [2.05, 4.69) is 4.99 Å². The number of halogens is 2. The summed E-state index contributed by atoms with van der Waals surface area (Å²) in [6.07, 6.45) is 0.442. The maximum Gasteiger partial charge on any atom is 0.256 e. The average molecular weight is 336 g/mol. The Labute approximate surface area is 138 Å². The lowest BCUT2D eigenvalue weighted by Crippen LogP contribution is -2.26. The summed E-state index contributed by atoms with van der Waals surface area (Å²) in [7, 11) is 0. The number of rotatable bonds is 4. The Kier molecular flexibility index (Phi) is 5.41. The molecule has 0 aliphatic heterocycles. The first-order valence-electron chi connectivity index (χ1n) is 6.59. The molecule has 1 atom stereocenters. The van der Waals surface area contributed by atoms with Crippen LogP contribution in [0.2, 0.25) is 10.0 Å². The van der Waals surface area contributed by atoms with Crippen LogP contribution in [0.1, 0.15) is 17.0 Å². The highest BCUT2D eigenvalue weighted by molar-refractivity contribution is 6.35. The molecule has 1 amide bonds. The number of carbonyl (C=O) groups is 1. The number of hydrogen-bond acceptors (Lipinski definition) is 1. The van der Waals surface area contributed by atoms with Crippen molar-refractivity contribution in [3.63, 3.8) is 0 Å². The largest absolute Gasteiger partial charge is 0.370 e. The van der Waals surface area contributed by atoms with Crippen LogP contribution in [0.5, 0.6) is 0 Å². The van der Waals surface area contributed by atoms with E-state index >= 15 is 0 Å². The summed E-state index contributed by atoms with van der Waals surface area (Å²) in [4.78, 5) is 16.0. The molecule has 0 unspecified atom stereocenters. The van der Waals surface area contributed by atoms with Crippen LogP contribution in [0.25, 0.3) is 0 Å². The molecule has 22 heavy (non-hydrogen) atoms. The summed E-state index contributed by atoms with van der Waals surface area (Å²) in [6, 6.07) is 14.6. The number of hydrogen-bond donors (Lipinski definition) is 2. The normalized spacial score (nSPS) is 11.7. The molecule has 6 heteroatoms. The van der Waals surface area contributed by atoms with Crippen LogP contribution in [-0.4, -0.2) is 11.9 Å². The highest BCUT2D eigenvalue weighted by Crippen LogP contribution is 2.31. The zero-order valence-electron chi connectivity index (χ0n) is 11.7. The summed E-state index contributed by atoms with van der Waals surface area (Å²) < 4.78 is 0. The first kappa shape index (κ1) is 16.3. The van der Waals surface area contributed by atoms with Gasteiger partial charge in [-0.15, -0.1) is 0 Å². The van der Waals surface area contributed by atoms with Gasteiger partial charge in [0.05, 0.1) is 5.92 Å². The number of amides is 1. The third kappa shape index (κ3) is 4.23. The van der Waals surface area contributed by atoms with E-state index in [9.17, 15) is 4.79 Å². The predicted molar refractivity (Wildman–Crippen MR) is 90.2 cm³/mol. The lowest BCUT2D eigenvalue weighted by atomic mass is 9.91. The van der Waals surface area contributed by atoms with Crippen molar-refractivity contribution in [1.82, 2.24) is 0 Å². The Morgan fingerprint density at radius 2 is 1.77 bits per heavy atom. The zero-order valence-corrected chi connectivity index (χ0v) is 13.2. The Hall–Kier alpha value is -2.04. The van der Waals surface area contributed by atoms with E-state index in [0.29, 0.717) is 22.0 Å². The van der Waals surface area contributed by atoms with E-state index in [0.717, 1.165) is 5.56 Å². The second-order valence-electron chi connectivity index (χ2n) is 4.78. The summed E-state index contributed by atoms with van der Waals surface area (Å²) in [5, 5.41) is 0.911. The van der Waals surface area contributed by atoms with E-state index in [4.69, 9.17) is 34.7 Å². The standard InChI is InChI=1S/C16H15Cl2N3O/c17-11-6-7-12(14(18)9-11)13(15(22)21-16(19)20)8-10-4-2-1-3-5-10/h1-7,9,13H,8H2,(H4,19,20,21,22)/t13-/m1/s1. The molecule has 0 aliphatic rings. The van der Waals surface area contributed by atoms with Crippen LogP contribution in [0.15, 0.2) is 53.5 Å². The van der Waals surface area contributed by atoms with Gasteiger partial charge < -0.3 is 11.5 Å². The molecule has 0 saturated heterocycles. The van der Waals surface area contributed by atoms with Gasteiger partial charge in [-0.1, -0.05) is 59.6 Å². The van der Waals surface area contributed by atoms with Crippen molar-refractivity contribution in [2.24, 2.45) is 16.5 Å². The van der Waals surface area contributed by atoms with E-state index in [1.807, 2.05) is 30.3 Å². The van der Waals surface area contributed by atoms with Gasteiger partial charge in [-0.25, -0.2) is 0 Å². The van der Waals surface area contributed by atoms with Crippen LogP contribution in [-0.2, 0) is 11.2 Å². The molecule has 4 nitrogen and oxygen atoms in total. The van der Waals surface area contributed by atoms with Gasteiger partial charge in [0.2, 0.25) is 0 Å². The van der Waals surface area contributed by atoms with Crippen LogP contribution >= 0.6 is 23.2 Å². The molecule has 2 aromatic rings. The monoisotopic (exact) mass is 335 g/mol. The van der Waals surface area contributed by atoms with Gasteiger partial charge in [0.15, 0.2) is 5.96 Å². The Bertz CT molecular complexity index is 698. The zero-order chi connectivity index (χ0) is 16.1. The minimum atomic E-state index is -0.575. The van der Waals surface area contributed by atoms with Gasteiger partial charge in [0.25, 0.3) is 5.91 Å². The minimum absolute atomic E-state index is 0.270. The fraction of sp³-hybridized carbons (Fsp3) is 0.125. The smallest absolute Gasteiger partial charge is 0.256 e. The molecule has 0 fully saturated rings. The number of guanidine groups is 1. The first-order valence-corrected chi connectivity index (χ1v) is 7.35. The predicted octanol–water partition coefficient (Wildman–Crippen LogP) is 3.12. The average Bonchev–Trinajstić information content (AvgIpc) is 2.46. The molecular weight excluding hydrogens is 321 g/mol. The maximum absolute atomic E-state index is 12.4. The summed E-state index contributed by atoms with van der Waals surface area (Å²) >= 11 is 12.1. The second kappa shape index (κ2) is 7.29. The molecule has 114 valence electrons. The Morgan fingerprint density at radius 3 is 2.36 bits per heavy atom. The van der Waals surface area contributed by atoms with Crippen molar-refractivity contribution in [2.45, 2.75) is 12.3 Å². The molecule has 0 saturated carbocycles. The van der Waals surface area contributed by atoms with E-state index in [1.54, 1.807) is 18.2 Å². The van der Waals surface area contributed by atoms with Gasteiger partial charge in [-0.2, -0.15) is 4.99 Å². The Morgan fingerprint density at radius 1 is 1.09 bits per heavy atom. The van der Waals surface area contributed by atoms with Gasteiger partial charge >= 0.3 is 0 Å². The topological polar surface area (TPSA) is 81.5 Å². The maximum atomic E-state index is 12.4. The molecule has 0 radical (unpaired) electrons. The van der Waals surface area contributed by atoms with Crippen LogP contribution in [0.4, 0.5) is 0 Å². The van der Waals surface area contributed by atoms with Crippen LogP contribution in [0, 0.1) is 0 Å². The van der Waals surface area contributed by atoms with Crippen molar-refractivity contribution >= 4 is 35.1 Å². The minimum Gasteiger partial charge on any atom is -0.370 e. The van der Waals surface area contributed by atoms with Gasteiger partial charge in [0.1, 0.15) is 0 Å². The molecule has 0 spiro atoms. The molecule has 0 heterocycles. The molecular formula is C16H15Cl2N3O. The van der Waals surface area contributed by atoms with Crippen molar-refractivity contribution in [3.8, 4) is 0 Å². The molecule has 2 rings (SSSR count). The number of nitrogens with zero attached hydrogens (tertiary/aromatic N) is 1. The van der Waals surface area contributed by atoms with Gasteiger partial charge in [-0.05, 0) is 29.7 Å². The number of aliphatic imine (C=N–C) groups is 1. The first-order chi connectivity index (χ1) is 10.5. The lowest BCUT2D eigenvalue weighted by molar-refractivity contribution is -0.119. The third-order valence-corrected chi connectivity index (χ3v) is 3.72. The summed E-state index contributed by atoms with van der Waals surface area (Å²) in [5.41, 5.74) is 12.3. The van der Waals surface area contributed by atoms with Crippen molar-refractivity contribution in [1.29, 1.82) is 0 Å². The van der Waals surface area contributed by atoms with Crippen LogP contribution < -0.4 is 11.5 Å². The quantitative estimate of drug-likeness (QED) is 0.665. The SMILES string of the molecule is NC(N)=NC(=O)[C@H](Cc1ccccc1)c1ccc(Cl)cc1Cl. The number of carbonyl (C=O) groups excluding carboxylic acids is 1. The second-order valence-corrected chi connectivity index (χ2v) is 5.63. The summed E-state index contributed by atoms with van der Waals surface area (Å²) in [6.45, 7) is 0. The molecule has 0 aromatic heterocycles. The fourth-order valence-electron chi connectivity index (χ4n) is 2.17. The van der Waals surface area contributed by atoms with Gasteiger partial charge in [-0.3, -0.25) is 4.79 Å². The summed E-state index contributed by atoms with van der Waals surface area (Å²) in [5.74, 6) is -1.28. The highest BCUT2D eigenvalue weighted by atomic mass is 35.5. The van der Waals surface area contributed by atoms with E-state index < -0.39 is 11.8 Å². The lowest BCUT2D eigenvalue weighted by Gasteiger charge is -2.16. The van der Waals surface area contributed by atoms with Crippen molar-refractivity contribution < 1.29 is 4.79 Å².